The predicted octanol–water partition coefficient (Wildman–Crippen LogP) is 3.41. The van der Waals surface area contributed by atoms with Crippen molar-refractivity contribution in [1.29, 1.82) is 0 Å². The van der Waals surface area contributed by atoms with E-state index in [2.05, 4.69) is 18.7 Å². The number of piperidine rings is 1. The molecule has 1 aliphatic carbocycles. The van der Waals surface area contributed by atoms with Gasteiger partial charge in [0.2, 0.25) is 0 Å². The standard InChI is InChI=1S/C17H30BNO/c1-13(2)19-10-9-14-7-8-15(18)5-3-4-6-16(14)17(19)11-20-12-17/h13-16H,3-12H2,1-2H3. The second-order valence-electron chi connectivity index (χ2n) is 7.66. The van der Waals surface area contributed by atoms with Crippen LogP contribution in [0.15, 0.2) is 0 Å². The summed E-state index contributed by atoms with van der Waals surface area (Å²) >= 11 is 0. The van der Waals surface area contributed by atoms with E-state index in [-0.39, 0.29) is 0 Å². The zero-order chi connectivity index (χ0) is 14.2. The molecule has 3 unspecified atom stereocenters. The van der Waals surface area contributed by atoms with Crippen molar-refractivity contribution < 1.29 is 4.74 Å². The van der Waals surface area contributed by atoms with Gasteiger partial charge in [-0.1, -0.05) is 37.9 Å². The monoisotopic (exact) mass is 275 g/mol. The van der Waals surface area contributed by atoms with Crippen LogP contribution in [0.2, 0.25) is 5.82 Å². The molecule has 0 bridgehead atoms. The predicted molar refractivity (Wildman–Crippen MR) is 84.2 cm³/mol. The Hall–Kier alpha value is -0.0151. The zero-order valence-corrected chi connectivity index (χ0v) is 13.3. The Morgan fingerprint density at radius 1 is 1.05 bits per heavy atom. The molecule has 3 atom stereocenters. The van der Waals surface area contributed by atoms with Crippen molar-refractivity contribution in [2.75, 3.05) is 19.8 Å². The fourth-order valence-electron chi connectivity index (χ4n) is 5.04. The number of rotatable bonds is 1. The highest BCUT2D eigenvalue weighted by Crippen LogP contribution is 2.48. The maximum absolute atomic E-state index is 6.25. The lowest BCUT2D eigenvalue weighted by Crippen LogP contribution is -2.71. The molecule has 2 radical (unpaired) electrons. The van der Waals surface area contributed by atoms with Crippen LogP contribution in [-0.2, 0) is 4.74 Å². The van der Waals surface area contributed by atoms with Crippen molar-refractivity contribution in [1.82, 2.24) is 4.90 Å². The van der Waals surface area contributed by atoms with Crippen molar-refractivity contribution in [3.63, 3.8) is 0 Å². The largest absolute Gasteiger partial charge is 0.377 e. The highest BCUT2D eigenvalue weighted by atomic mass is 16.5. The summed E-state index contributed by atoms with van der Waals surface area (Å²) in [7, 11) is 6.25. The summed E-state index contributed by atoms with van der Waals surface area (Å²) in [5, 5.41) is 0. The zero-order valence-electron chi connectivity index (χ0n) is 13.3. The minimum absolute atomic E-state index is 0.367. The lowest BCUT2D eigenvalue weighted by atomic mass is 9.65. The fraction of sp³-hybridized carbons (Fsp3) is 1.00. The molecule has 0 N–H and O–H groups in total. The Labute approximate surface area is 126 Å². The minimum atomic E-state index is 0.367. The third kappa shape index (κ3) is 2.56. The van der Waals surface area contributed by atoms with Crippen molar-refractivity contribution in [3.05, 3.63) is 0 Å². The molecule has 0 amide bonds. The van der Waals surface area contributed by atoms with E-state index in [1.807, 2.05) is 0 Å². The van der Waals surface area contributed by atoms with Crippen molar-refractivity contribution in [3.8, 4) is 0 Å². The van der Waals surface area contributed by atoms with E-state index in [0.29, 0.717) is 17.4 Å². The first-order chi connectivity index (χ1) is 9.63. The molecule has 20 heavy (non-hydrogen) atoms. The maximum atomic E-state index is 6.25. The molecule has 2 saturated heterocycles. The summed E-state index contributed by atoms with van der Waals surface area (Å²) in [6.45, 7) is 7.91. The van der Waals surface area contributed by atoms with Crippen LogP contribution < -0.4 is 0 Å². The smallest absolute Gasteiger partial charge is 0.0711 e. The number of hydrogen-bond donors (Lipinski definition) is 0. The van der Waals surface area contributed by atoms with Crippen LogP contribution >= 0.6 is 0 Å². The average Bonchev–Trinajstić information content (AvgIpc) is 2.46. The number of fused-ring (bicyclic) bond motifs is 2. The quantitative estimate of drug-likeness (QED) is 0.680. The van der Waals surface area contributed by atoms with Crippen LogP contribution in [0, 0.1) is 11.8 Å². The molecular formula is C17H30BNO. The molecule has 0 aromatic rings. The molecule has 0 aromatic carbocycles. The molecule has 2 aliphatic heterocycles. The fourth-order valence-corrected chi connectivity index (χ4v) is 5.04. The molecule has 3 fully saturated rings. The Morgan fingerprint density at radius 2 is 1.80 bits per heavy atom. The van der Waals surface area contributed by atoms with Crippen LogP contribution in [0.1, 0.15) is 58.8 Å². The van der Waals surface area contributed by atoms with Gasteiger partial charge in [0.1, 0.15) is 0 Å². The molecule has 112 valence electrons. The Bertz CT molecular complexity index is 329. The SMILES string of the molecule is [B]C1CCCCC2C(CC1)CCN(C(C)C)C21COC1. The number of ether oxygens (including phenoxy) is 1. The third-order valence-electron chi connectivity index (χ3n) is 6.15. The van der Waals surface area contributed by atoms with E-state index in [1.54, 1.807) is 0 Å². The number of likely N-dealkylation sites (tertiary alicyclic amines) is 1. The number of hydrogen-bond acceptors (Lipinski definition) is 2. The van der Waals surface area contributed by atoms with E-state index < -0.39 is 0 Å². The van der Waals surface area contributed by atoms with Crippen LogP contribution in [-0.4, -0.2) is 44.1 Å². The second kappa shape index (κ2) is 6.00. The van der Waals surface area contributed by atoms with Crippen LogP contribution in [0.4, 0.5) is 0 Å². The first-order valence-electron chi connectivity index (χ1n) is 8.73. The molecule has 3 aliphatic rings. The van der Waals surface area contributed by atoms with Gasteiger partial charge < -0.3 is 4.74 Å². The van der Waals surface area contributed by atoms with E-state index in [0.717, 1.165) is 25.0 Å². The van der Waals surface area contributed by atoms with Gasteiger partial charge in [-0.25, -0.2) is 0 Å². The molecule has 1 spiro atoms. The Kier molecular flexibility index (Phi) is 4.47. The molecule has 0 aromatic heterocycles. The summed E-state index contributed by atoms with van der Waals surface area (Å²) in [6.07, 6.45) is 9.27. The first kappa shape index (κ1) is 14.9. The van der Waals surface area contributed by atoms with Crippen molar-refractivity contribution in [2.24, 2.45) is 11.8 Å². The highest BCUT2D eigenvalue weighted by Gasteiger charge is 2.55. The molecule has 1 saturated carbocycles. The topological polar surface area (TPSA) is 12.5 Å². The molecular weight excluding hydrogens is 245 g/mol. The summed E-state index contributed by atoms with van der Waals surface area (Å²) in [5.74, 6) is 2.18. The van der Waals surface area contributed by atoms with Crippen LogP contribution in [0.25, 0.3) is 0 Å². The van der Waals surface area contributed by atoms with Crippen molar-refractivity contribution >= 4 is 7.85 Å². The van der Waals surface area contributed by atoms with Crippen molar-refractivity contribution in [2.45, 2.75) is 76.2 Å². The minimum Gasteiger partial charge on any atom is -0.377 e. The molecule has 3 rings (SSSR count). The van der Waals surface area contributed by atoms with E-state index >= 15 is 0 Å². The van der Waals surface area contributed by atoms with Gasteiger partial charge in [0.25, 0.3) is 0 Å². The van der Waals surface area contributed by atoms with E-state index in [1.165, 1.54) is 51.5 Å². The van der Waals surface area contributed by atoms with Gasteiger partial charge in [-0.3, -0.25) is 4.90 Å². The van der Waals surface area contributed by atoms with Gasteiger partial charge in [-0.2, -0.15) is 0 Å². The van der Waals surface area contributed by atoms with Crippen LogP contribution in [0.5, 0.6) is 0 Å². The summed E-state index contributed by atoms with van der Waals surface area (Å²) < 4.78 is 5.70. The van der Waals surface area contributed by atoms with Gasteiger partial charge >= 0.3 is 0 Å². The van der Waals surface area contributed by atoms with Gasteiger partial charge in [-0.05, 0) is 45.1 Å². The number of nitrogens with zero attached hydrogens (tertiary/aromatic N) is 1. The summed E-state index contributed by atoms with van der Waals surface area (Å²) in [4.78, 5) is 2.76. The van der Waals surface area contributed by atoms with E-state index in [4.69, 9.17) is 12.6 Å². The third-order valence-corrected chi connectivity index (χ3v) is 6.15. The van der Waals surface area contributed by atoms with Crippen LogP contribution in [0.3, 0.4) is 0 Å². The molecule has 2 nitrogen and oxygen atoms in total. The first-order valence-corrected chi connectivity index (χ1v) is 8.73. The summed E-state index contributed by atoms with van der Waals surface area (Å²) in [6, 6.07) is 0.648. The van der Waals surface area contributed by atoms with Gasteiger partial charge in [0, 0.05) is 6.04 Å². The summed E-state index contributed by atoms with van der Waals surface area (Å²) in [5.41, 5.74) is 0.367. The average molecular weight is 275 g/mol. The van der Waals surface area contributed by atoms with Gasteiger partial charge in [-0.15, -0.1) is 0 Å². The van der Waals surface area contributed by atoms with Gasteiger partial charge in [0.05, 0.1) is 26.6 Å². The Balaban J connectivity index is 1.80. The lowest BCUT2D eigenvalue weighted by molar-refractivity contribution is -0.208. The normalized spacial score (nSPS) is 38.6. The maximum Gasteiger partial charge on any atom is 0.0711 e. The highest BCUT2D eigenvalue weighted by molar-refractivity contribution is 6.11. The molecule has 3 heteroatoms. The molecule has 2 heterocycles. The Morgan fingerprint density at radius 3 is 2.45 bits per heavy atom. The van der Waals surface area contributed by atoms with Gasteiger partial charge in [0.15, 0.2) is 0 Å². The lowest BCUT2D eigenvalue weighted by Gasteiger charge is -2.61. The second-order valence-corrected chi connectivity index (χ2v) is 7.66. The van der Waals surface area contributed by atoms with E-state index in [9.17, 15) is 0 Å².